The van der Waals surface area contributed by atoms with Gasteiger partial charge in [-0.2, -0.15) is 0 Å². The van der Waals surface area contributed by atoms with Crippen molar-refractivity contribution in [3.05, 3.63) is 36.9 Å². The van der Waals surface area contributed by atoms with Crippen LogP contribution in [0.5, 0.6) is 11.5 Å². The van der Waals surface area contributed by atoms with Gasteiger partial charge in [-0.3, -0.25) is 0 Å². The van der Waals surface area contributed by atoms with E-state index in [1.54, 1.807) is 14.2 Å². The Morgan fingerprint density at radius 1 is 1.08 bits per heavy atom. The van der Waals surface area contributed by atoms with Gasteiger partial charge in [-0.05, 0) is 12.8 Å². The third-order valence-corrected chi connectivity index (χ3v) is 4.54. The standard InChI is InChI=1S/C18H26N4O2/c1-23-17-11-16(12-18(13-17)24-2)20-15-3-6-21(7-4-15)9-10-22-8-5-19-14-22/h5,8,11-15,20H,3-4,6-7,9-10H2,1-2H3. The lowest BCUT2D eigenvalue weighted by Gasteiger charge is -2.33. The second-order valence-electron chi connectivity index (χ2n) is 6.16. The van der Waals surface area contributed by atoms with E-state index in [9.17, 15) is 0 Å². The first-order valence-corrected chi connectivity index (χ1v) is 8.44. The largest absolute Gasteiger partial charge is 0.497 e. The van der Waals surface area contributed by atoms with Crippen molar-refractivity contribution in [2.45, 2.75) is 25.4 Å². The second kappa shape index (κ2) is 8.06. The van der Waals surface area contributed by atoms with Crippen molar-refractivity contribution < 1.29 is 9.47 Å². The zero-order valence-corrected chi connectivity index (χ0v) is 14.4. The van der Waals surface area contributed by atoms with Crippen LogP contribution in [0.25, 0.3) is 0 Å². The second-order valence-corrected chi connectivity index (χ2v) is 6.16. The molecule has 24 heavy (non-hydrogen) atoms. The fourth-order valence-electron chi connectivity index (χ4n) is 3.10. The molecule has 1 N–H and O–H groups in total. The summed E-state index contributed by atoms with van der Waals surface area (Å²) in [7, 11) is 3.36. The zero-order valence-electron chi connectivity index (χ0n) is 14.4. The van der Waals surface area contributed by atoms with Crippen molar-refractivity contribution in [1.82, 2.24) is 14.5 Å². The number of methoxy groups -OCH3 is 2. The number of imidazole rings is 1. The number of rotatable bonds is 7. The molecule has 1 aliphatic rings. The molecule has 0 aliphatic carbocycles. The van der Waals surface area contributed by atoms with Crippen molar-refractivity contribution >= 4 is 5.69 Å². The maximum atomic E-state index is 5.34. The molecule has 1 aromatic heterocycles. The molecule has 2 heterocycles. The summed E-state index contributed by atoms with van der Waals surface area (Å²) in [5.74, 6) is 1.63. The number of hydrogen-bond donors (Lipinski definition) is 1. The monoisotopic (exact) mass is 330 g/mol. The molecule has 1 aliphatic heterocycles. The normalized spacial score (nSPS) is 16.1. The highest BCUT2D eigenvalue weighted by molar-refractivity contribution is 5.54. The van der Waals surface area contributed by atoms with E-state index >= 15 is 0 Å². The van der Waals surface area contributed by atoms with Crippen LogP contribution in [0.1, 0.15) is 12.8 Å². The van der Waals surface area contributed by atoms with Crippen LogP contribution < -0.4 is 14.8 Å². The first-order chi connectivity index (χ1) is 11.8. The molecule has 1 saturated heterocycles. The van der Waals surface area contributed by atoms with Crippen molar-refractivity contribution in [2.75, 3.05) is 39.2 Å². The van der Waals surface area contributed by atoms with E-state index in [0.29, 0.717) is 6.04 Å². The van der Waals surface area contributed by atoms with E-state index in [1.165, 1.54) is 0 Å². The predicted octanol–water partition coefficient (Wildman–Crippen LogP) is 2.48. The Labute approximate surface area is 143 Å². The predicted molar refractivity (Wildman–Crippen MR) is 94.9 cm³/mol. The Bertz CT molecular complexity index is 600. The molecule has 0 atom stereocenters. The number of benzene rings is 1. The van der Waals surface area contributed by atoms with Gasteiger partial charge in [-0.25, -0.2) is 4.98 Å². The van der Waals surface area contributed by atoms with Crippen LogP contribution in [0.15, 0.2) is 36.9 Å². The van der Waals surface area contributed by atoms with Gasteiger partial charge in [-0.15, -0.1) is 0 Å². The van der Waals surface area contributed by atoms with E-state index in [0.717, 1.165) is 56.2 Å². The summed E-state index contributed by atoms with van der Waals surface area (Å²) in [6.45, 7) is 4.32. The molecule has 2 aromatic rings. The number of nitrogens with one attached hydrogen (secondary N) is 1. The average Bonchev–Trinajstić information content (AvgIpc) is 3.14. The maximum Gasteiger partial charge on any atom is 0.124 e. The Balaban J connectivity index is 1.48. The highest BCUT2D eigenvalue weighted by Gasteiger charge is 2.19. The van der Waals surface area contributed by atoms with Crippen LogP contribution in [0.3, 0.4) is 0 Å². The van der Waals surface area contributed by atoms with Gasteiger partial charge in [0.25, 0.3) is 0 Å². The maximum absolute atomic E-state index is 5.34. The number of ether oxygens (including phenoxy) is 2. The smallest absolute Gasteiger partial charge is 0.124 e. The summed E-state index contributed by atoms with van der Waals surface area (Å²) in [5.41, 5.74) is 1.06. The summed E-state index contributed by atoms with van der Waals surface area (Å²) in [6.07, 6.45) is 8.01. The minimum atomic E-state index is 0.492. The molecule has 0 unspecified atom stereocenters. The Morgan fingerprint density at radius 2 is 1.79 bits per heavy atom. The number of nitrogens with zero attached hydrogens (tertiary/aromatic N) is 3. The number of aromatic nitrogens is 2. The van der Waals surface area contributed by atoms with Crippen molar-refractivity contribution in [1.29, 1.82) is 0 Å². The van der Waals surface area contributed by atoms with Crippen LogP contribution in [0, 0.1) is 0 Å². The molecule has 0 saturated carbocycles. The first kappa shape index (κ1) is 16.6. The van der Waals surface area contributed by atoms with Gasteiger partial charge < -0.3 is 24.3 Å². The molecule has 6 heteroatoms. The van der Waals surface area contributed by atoms with Crippen LogP contribution in [0.4, 0.5) is 5.69 Å². The Kier molecular flexibility index (Phi) is 5.59. The van der Waals surface area contributed by atoms with E-state index in [2.05, 4.69) is 19.8 Å². The highest BCUT2D eigenvalue weighted by atomic mass is 16.5. The van der Waals surface area contributed by atoms with Crippen molar-refractivity contribution in [3.63, 3.8) is 0 Å². The highest BCUT2D eigenvalue weighted by Crippen LogP contribution is 2.27. The molecule has 6 nitrogen and oxygen atoms in total. The van der Waals surface area contributed by atoms with Gasteiger partial charge in [0.05, 0.1) is 20.5 Å². The van der Waals surface area contributed by atoms with Crippen LogP contribution in [0.2, 0.25) is 0 Å². The summed E-state index contributed by atoms with van der Waals surface area (Å²) >= 11 is 0. The van der Waals surface area contributed by atoms with E-state index in [-0.39, 0.29) is 0 Å². The Hall–Kier alpha value is -2.21. The van der Waals surface area contributed by atoms with Crippen LogP contribution in [-0.2, 0) is 6.54 Å². The lowest BCUT2D eigenvalue weighted by Crippen LogP contribution is -2.40. The minimum absolute atomic E-state index is 0.492. The van der Waals surface area contributed by atoms with Crippen LogP contribution >= 0.6 is 0 Å². The molecule has 3 rings (SSSR count). The molecule has 0 radical (unpaired) electrons. The summed E-state index contributed by atoms with van der Waals surface area (Å²) < 4.78 is 12.8. The molecule has 1 fully saturated rings. The number of hydrogen-bond acceptors (Lipinski definition) is 5. The number of piperidine rings is 1. The SMILES string of the molecule is COc1cc(NC2CCN(CCn3ccnc3)CC2)cc(OC)c1. The first-order valence-electron chi connectivity index (χ1n) is 8.44. The zero-order chi connectivity index (χ0) is 16.8. The van der Waals surface area contributed by atoms with E-state index < -0.39 is 0 Å². The van der Waals surface area contributed by atoms with Crippen molar-refractivity contribution in [2.24, 2.45) is 0 Å². The molecule has 1 aromatic carbocycles. The lowest BCUT2D eigenvalue weighted by molar-refractivity contribution is 0.211. The fraction of sp³-hybridized carbons (Fsp3) is 0.500. The van der Waals surface area contributed by atoms with Gasteiger partial charge in [-0.1, -0.05) is 0 Å². The van der Waals surface area contributed by atoms with Gasteiger partial charge >= 0.3 is 0 Å². The van der Waals surface area contributed by atoms with Gasteiger partial charge in [0.1, 0.15) is 11.5 Å². The third kappa shape index (κ3) is 4.41. The van der Waals surface area contributed by atoms with Gasteiger partial charge in [0.15, 0.2) is 0 Å². The van der Waals surface area contributed by atoms with Gasteiger partial charge in [0, 0.05) is 68.5 Å². The molecule has 0 bridgehead atoms. The average molecular weight is 330 g/mol. The summed E-state index contributed by atoms with van der Waals surface area (Å²) in [6, 6.07) is 6.43. The molecule has 0 amide bonds. The topological polar surface area (TPSA) is 51.5 Å². The summed E-state index contributed by atoms with van der Waals surface area (Å²) in [4.78, 5) is 6.61. The van der Waals surface area contributed by atoms with E-state index in [1.807, 2.05) is 36.9 Å². The quantitative estimate of drug-likeness (QED) is 0.845. The van der Waals surface area contributed by atoms with Gasteiger partial charge in [0.2, 0.25) is 0 Å². The number of likely N-dealkylation sites (tertiary alicyclic amines) is 1. The minimum Gasteiger partial charge on any atom is -0.497 e. The summed E-state index contributed by atoms with van der Waals surface area (Å²) in [5, 5.41) is 3.62. The molecular formula is C18H26N4O2. The molecule has 0 spiro atoms. The Morgan fingerprint density at radius 3 is 2.38 bits per heavy atom. The third-order valence-electron chi connectivity index (χ3n) is 4.54. The van der Waals surface area contributed by atoms with E-state index in [4.69, 9.17) is 9.47 Å². The van der Waals surface area contributed by atoms with Crippen LogP contribution in [-0.4, -0.2) is 54.3 Å². The van der Waals surface area contributed by atoms with Crippen molar-refractivity contribution in [3.8, 4) is 11.5 Å². The lowest BCUT2D eigenvalue weighted by atomic mass is 10.0. The molecular weight excluding hydrogens is 304 g/mol. The fourth-order valence-corrected chi connectivity index (χ4v) is 3.10. The molecule has 130 valence electrons. The number of anilines is 1.